The molecule has 2 heterocycles. The van der Waals surface area contributed by atoms with E-state index < -0.39 is 11.5 Å². The van der Waals surface area contributed by atoms with Crippen molar-refractivity contribution >= 4 is 28.7 Å². The molecule has 0 aliphatic heterocycles. The topological polar surface area (TPSA) is 116 Å². The first kappa shape index (κ1) is 21.9. The monoisotopic (exact) mass is 446 g/mol. The molecule has 1 N–H and O–H groups in total. The normalized spacial score (nSPS) is 10.8. The summed E-state index contributed by atoms with van der Waals surface area (Å²) >= 11 is 0. The third-order valence-corrected chi connectivity index (χ3v) is 5.03. The number of aryl methyl sites for hydroxylation is 2. The Bertz CT molecular complexity index is 1350. The molecule has 0 bridgehead atoms. The zero-order chi connectivity index (χ0) is 23.4. The highest BCUT2D eigenvalue weighted by molar-refractivity contribution is 5.93. The van der Waals surface area contributed by atoms with Crippen molar-refractivity contribution in [1.29, 1.82) is 0 Å². The minimum absolute atomic E-state index is 0.0445. The Balaban J connectivity index is 1.42. The molecule has 0 fully saturated rings. The van der Waals surface area contributed by atoms with Gasteiger partial charge in [-0.2, -0.15) is 0 Å². The highest BCUT2D eigenvalue weighted by Crippen LogP contribution is 2.24. The number of hydrogen-bond acceptors (Lipinski definition) is 7. The molecule has 0 aliphatic rings. The average Bonchev–Trinajstić information content (AvgIpc) is 3.25. The largest absolute Gasteiger partial charge is 0.462 e. The van der Waals surface area contributed by atoms with Crippen molar-refractivity contribution in [3.63, 3.8) is 0 Å². The average molecular weight is 446 g/mol. The second-order valence-electron chi connectivity index (χ2n) is 7.41. The fourth-order valence-electron chi connectivity index (χ4n) is 3.27. The summed E-state index contributed by atoms with van der Waals surface area (Å²) in [6.45, 7) is 4.13. The first-order chi connectivity index (χ1) is 16.0. The van der Waals surface area contributed by atoms with Gasteiger partial charge < -0.3 is 14.6 Å². The number of hydrogen-bond donors (Lipinski definition) is 1. The van der Waals surface area contributed by atoms with Gasteiger partial charge in [-0.25, -0.2) is 9.78 Å². The third kappa shape index (κ3) is 4.82. The molecule has 0 saturated heterocycles. The second-order valence-corrected chi connectivity index (χ2v) is 7.41. The summed E-state index contributed by atoms with van der Waals surface area (Å²) in [5.41, 5.74) is 3.36. The van der Waals surface area contributed by atoms with Crippen molar-refractivity contribution < 1.29 is 18.8 Å². The van der Waals surface area contributed by atoms with Gasteiger partial charge in [-0.3, -0.25) is 14.2 Å². The molecular weight excluding hydrogens is 424 g/mol. The van der Waals surface area contributed by atoms with Gasteiger partial charge in [0.1, 0.15) is 11.2 Å². The van der Waals surface area contributed by atoms with Crippen molar-refractivity contribution in [3.05, 3.63) is 76.3 Å². The molecule has 1 amide bonds. The molecule has 4 aromatic rings. The minimum atomic E-state index is -0.421. The van der Waals surface area contributed by atoms with Crippen LogP contribution in [0.3, 0.4) is 0 Å². The molecule has 9 nitrogen and oxygen atoms in total. The van der Waals surface area contributed by atoms with Crippen LogP contribution in [-0.2, 0) is 16.1 Å². The smallest absolute Gasteiger partial charge is 0.338 e. The van der Waals surface area contributed by atoms with Gasteiger partial charge in [0.25, 0.3) is 11.1 Å². The predicted molar refractivity (Wildman–Crippen MR) is 122 cm³/mol. The van der Waals surface area contributed by atoms with Gasteiger partial charge in [-0.15, -0.1) is 0 Å². The van der Waals surface area contributed by atoms with E-state index in [0.717, 1.165) is 11.1 Å². The van der Waals surface area contributed by atoms with E-state index in [0.29, 0.717) is 29.1 Å². The number of carbonyl (C=O) groups excluding carboxylic acids is 2. The lowest BCUT2D eigenvalue weighted by Crippen LogP contribution is -2.23. The highest BCUT2D eigenvalue weighted by atomic mass is 16.5. The van der Waals surface area contributed by atoms with Crippen LogP contribution < -0.4 is 10.9 Å². The van der Waals surface area contributed by atoms with Crippen LogP contribution in [0.4, 0.5) is 5.69 Å². The number of aromatic nitrogens is 3. The number of benzene rings is 2. The summed E-state index contributed by atoms with van der Waals surface area (Å²) in [6, 6.07) is 14.1. The van der Waals surface area contributed by atoms with Gasteiger partial charge in [0.15, 0.2) is 0 Å². The molecule has 0 saturated carbocycles. The number of amides is 1. The van der Waals surface area contributed by atoms with E-state index in [-0.39, 0.29) is 24.5 Å². The Morgan fingerprint density at radius 1 is 1.09 bits per heavy atom. The maximum Gasteiger partial charge on any atom is 0.338 e. The Labute approximate surface area is 189 Å². The fraction of sp³-hybridized carbons (Fsp3) is 0.208. The van der Waals surface area contributed by atoms with Crippen LogP contribution in [0.5, 0.6) is 0 Å². The van der Waals surface area contributed by atoms with Gasteiger partial charge in [0.05, 0.1) is 18.5 Å². The molecule has 9 heteroatoms. The van der Waals surface area contributed by atoms with E-state index in [1.54, 1.807) is 31.2 Å². The molecule has 168 valence electrons. The number of fused-ring (bicyclic) bond motifs is 1. The number of anilines is 1. The van der Waals surface area contributed by atoms with Gasteiger partial charge >= 0.3 is 5.97 Å². The lowest BCUT2D eigenvalue weighted by Gasteiger charge is -2.08. The summed E-state index contributed by atoms with van der Waals surface area (Å²) in [5, 5.41) is 6.75. The maximum absolute atomic E-state index is 12.8. The van der Waals surface area contributed by atoms with E-state index >= 15 is 0 Å². The van der Waals surface area contributed by atoms with Gasteiger partial charge in [-0.05, 0) is 38.1 Å². The molecule has 2 aromatic carbocycles. The summed E-state index contributed by atoms with van der Waals surface area (Å²) in [6.07, 6.45) is 1.44. The van der Waals surface area contributed by atoms with E-state index in [1.807, 2.05) is 31.2 Å². The number of nitrogens with zero attached hydrogens (tertiary/aromatic N) is 3. The predicted octanol–water partition coefficient (Wildman–Crippen LogP) is 3.57. The lowest BCUT2D eigenvalue weighted by molar-refractivity contribution is -0.116. The SMILES string of the molecule is CCOC(=O)c1ccc(NC(=O)CCn2cnc3c(-c4ccc(C)cc4)noc3c2=O)cc1. The van der Waals surface area contributed by atoms with Crippen molar-refractivity contribution in [2.45, 2.75) is 26.8 Å². The van der Waals surface area contributed by atoms with E-state index in [1.165, 1.54) is 10.9 Å². The molecule has 0 spiro atoms. The van der Waals surface area contributed by atoms with E-state index in [2.05, 4.69) is 15.5 Å². The van der Waals surface area contributed by atoms with Crippen LogP contribution in [0.25, 0.3) is 22.4 Å². The van der Waals surface area contributed by atoms with Gasteiger partial charge in [-0.1, -0.05) is 35.0 Å². The molecule has 0 aliphatic carbocycles. The van der Waals surface area contributed by atoms with Crippen LogP contribution in [0.2, 0.25) is 0 Å². The number of nitrogens with one attached hydrogen (secondary N) is 1. The standard InChI is InChI=1S/C24H22N4O5/c1-3-32-24(31)17-8-10-18(11-9-17)26-19(29)12-13-28-14-25-21-20(27-33-22(21)23(28)30)16-6-4-15(2)5-7-16/h4-11,14H,3,12-13H2,1-2H3,(H,26,29). The van der Waals surface area contributed by atoms with Crippen LogP contribution >= 0.6 is 0 Å². The van der Waals surface area contributed by atoms with Gasteiger partial charge in [0.2, 0.25) is 5.91 Å². The minimum Gasteiger partial charge on any atom is -0.462 e. The Kier molecular flexibility index (Phi) is 6.30. The molecule has 0 unspecified atom stereocenters. The summed E-state index contributed by atoms with van der Waals surface area (Å²) < 4.78 is 11.5. The van der Waals surface area contributed by atoms with Crippen LogP contribution in [0.15, 0.2) is 64.2 Å². The first-order valence-electron chi connectivity index (χ1n) is 10.4. The fourth-order valence-corrected chi connectivity index (χ4v) is 3.27. The maximum atomic E-state index is 12.8. The molecule has 2 aromatic heterocycles. The van der Waals surface area contributed by atoms with Crippen molar-refractivity contribution in [1.82, 2.24) is 14.7 Å². The quantitative estimate of drug-likeness (QED) is 0.431. The molecular formula is C24H22N4O5. The van der Waals surface area contributed by atoms with Crippen LogP contribution in [0, 0.1) is 6.92 Å². The summed E-state index contributed by atoms with van der Waals surface area (Å²) in [4.78, 5) is 41.1. The number of carbonyl (C=O) groups is 2. The van der Waals surface area contributed by atoms with E-state index in [4.69, 9.17) is 9.26 Å². The molecule has 4 rings (SSSR count). The molecule has 0 radical (unpaired) electrons. The zero-order valence-electron chi connectivity index (χ0n) is 18.2. The number of esters is 1. The Morgan fingerprint density at radius 2 is 1.82 bits per heavy atom. The Hall–Kier alpha value is -4.27. The number of rotatable bonds is 7. The zero-order valence-corrected chi connectivity index (χ0v) is 18.2. The first-order valence-corrected chi connectivity index (χ1v) is 10.4. The second kappa shape index (κ2) is 9.47. The highest BCUT2D eigenvalue weighted by Gasteiger charge is 2.17. The summed E-state index contributed by atoms with van der Waals surface area (Å²) in [7, 11) is 0. The van der Waals surface area contributed by atoms with Crippen molar-refractivity contribution in [2.75, 3.05) is 11.9 Å². The third-order valence-electron chi connectivity index (χ3n) is 5.03. The lowest BCUT2D eigenvalue weighted by atomic mass is 10.1. The van der Waals surface area contributed by atoms with Crippen molar-refractivity contribution in [3.8, 4) is 11.3 Å². The molecule has 0 atom stereocenters. The van der Waals surface area contributed by atoms with Crippen molar-refractivity contribution in [2.24, 2.45) is 0 Å². The van der Waals surface area contributed by atoms with Gasteiger partial charge in [0, 0.05) is 24.2 Å². The number of ether oxygens (including phenoxy) is 1. The van der Waals surface area contributed by atoms with Crippen LogP contribution in [0.1, 0.15) is 29.3 Å². The Morgan fingerprint density at radius 3 is 2.52 bits per heavy atom. The van der Waals surface area contributed by atoms with E-state index in [9.17, 15) is 14.4 Å². The molecule has 33 heavy (non-hydrogen) atoms. The van der Waals surface area contributed by atoms with Crippen LogP contribution in [-0.4, -0.2) is 33.2 Å². The summed E-state index contributed by atoms with van der Waals surface area (Å²) in [5.74, 6) is -0.709.